The SMILES string of the molecule is CC1=C(CC[C@@H](C)CO[C@@H]2O[C@H](CO)[C@@H](O)[C@H](O)[C@H]2O)O[C@H]2C[C@H]3[C@@H]4CC[C@@H]5C[C@@H](O[C@@H]6O[C@H](CO)[C@@H](O)[C@H](O[C@@H]7OC[C@@H](O)[C@H](O)[C@H]7O[C@@H]7O[C@H](CO)[C@@H](O)[C@H](O)[C@H]7O)[C@H]6O)CC[C@]5(C)[C@H]4CC(=O)[C@]3(C)[C@@H]12. The molecule has 0 aromatic rings. The Bertz CT molecular complexity index is 1930. The van der Waals surface area contributed by atoms with E-state index in [0.717, 1.165) is 37.0 Å². The molecule has 29 atom stereocenters. The van der Waals surface area contributed by atoms with Crippen LogP contribution >= 0.6 is 0 Å². The molecule has 5 heterocycles. The van der Waals surface area contributed by atoms with E-state index in [1.165, 1.54) is 0 Å². The Labute approximate surface area is 423 Å². The highest BCUT2D eigenvalue weighted by Gasteiger charge is 2.68. The third-order valence-corrected chi connectivity index (χ3v) is 19.0. The van der Waals surface area contributed by atoms with Gasteiger partial charge in [0.1, 0.15) is 103 Å². The Kier molecular flexibility index (Phi) is 17.1. The van der Waals surface area contributed by atoms with Crippen molar-refractivity contribution < 1.29 is 114 Å². The summed E-state index contributed by atoms with van der Waals surface area (Å²) < 4.78 is 53.4. The van der Waals surface area contributed by atoms with Crippen molar-refractivity contribution in [2.45, 2.75) is 214 Å². The molecule has 0 radical (unpaired) electrons. The second-order valence-electron chi connectivity index (χ2n) is 23.1. The zero-order valence-electron chi connectivity index (χ0n) is 41.9. The summed E-state index contributed by atoms with van der Waals surface area (Å²) in [6.45, 7) is 6.26. The maximum Gasteiger partial charge on any atom is 0.187 e. The molecule has 9 aliphatic rings. The van der Waals surface area contributed by atoms with E-state index >= 15 is 0 Å². The van der Waals surface area contributed by atoms with Gasteiger partial charge in [0.2, 0.25) is 0 Å². The number of allylic oxidation sites excluding steroid dienone is 1. The lowest BCUT2D eigenvalue weighted by Gasteiger charge is -2.60. The van der Waals surface area contributed by atoms with E-state index in [0.29, 0.717) is 38.0 Å². The first kappa shape index (κ1) is 56.1. The number of Topliss-reactive ketones (excluding diaryl/α,β-unsaturated/α-hetero) is 1. The van der Waals surface area contributed by atoms with E-state index in [9.17, 15) is 71.2 Å². The summed E-state index contributed by atoms with van der Waals surface area (Å²) >= 11 is 0. The van der Waals surface area contributed by atoms with Gasteiger partial charge in [0.05, 0.1) is 44.9 Å². The first-order valence-corrected chi connectivity index (χ1v) is 26.3. The second-order valence-corrected chi connectivity index (χ2v) is 23.1. The molecule has 73 heavy (non-hydrogen) atoms. The second kappa shape index (κ2) is 22.2. The summed E-state index contributed by atoms with van der Waals surface area (Å²) in [6, 6.07) is 0. The Hall–Kier alpha value is -1.63. The van der Waals surface area contributed by atoms with E-state index < -0.39 is 155 Å². The lowest BCUT2D eigenvalue weighted by atomic mass is 9.44. The lowest BCUT2D eigenvalue weighted by molar-refractivity contribution is -0.381. The van der Waals surface area contributed by atoms with Gasteiger partial charge in [-0.25, -0.2) is 0 Å². The smallest absolute Gasteiger partial charge is 0.187 e. The van der Waals surface area contributed by atoms with Gasteiger partial charge in [-0.1, -0.05) is 20.8 Å². The fourth-order valence-electron chi connectivity index (χ4n) is 14.6. The number of rotatable bonds is 15. The number of carbonyl (C=O) groups excluding carboxylic acids is 1. The molecule has 0 aromatic heterocycles. The van der Waals surface area contributed by atoms with Crippen LogP contribution in [0.25, 0.3) is 0 Å². The van der Waals surface area contributed by atoms with Crippen molar-refractivity contribution >= 4 is 5.78 Å². The Morgan fingerprint density at radius 1 is 0.658 bits per heavy atom. The predicted molar refractivity (Wildman–Crippen MR) is 245 cm³/mol. The summed E-state index contributed by atoms with van der Waals surface area (Å²) in [6.07, 6.45) is -23.6. The van der Waals surface area contributed by atoms with Crippen LogP contribution < -0.4 is 0 Å². The summed E-state index contributed by atoms with van der Waals surface area (Å²) in [5, 5.41) is 136. The molecule has 418 valence electrons. The Morgan fingerprint density at radius 2 is 1.26 bits per heavy atom. The first-order valence-electron chi connectivity index (χ1n) is 26.3. The number of carbonyl (C=O) groups is 1. The molecule has 0 unspecified atom stereocenters. The van der Waals surface area contributed by atoms with E-state index in [4.69, 9.17) is 42.6 Å². The molecule has 5 aliphatic heterocycles. The van der Waals surface area contributed by atoms with Gasteiger partial charge in [-0.2, -0.15) is 0 Å². The van der Waals surface area contributed by atoms with Crippen LogP contribution in [0.2, 0.25) is 0 Å². The van der Waals surface area contributed by atoms with Gasteiger partial charge >= 0.3 is 0 Å². The molecular formula is C50H80O23. The minimum atomic E-state index is -1.87. The number of aliphatic hydroxyl groups excluding tert-OH is 13. The molecule has 23 heteroatoms. The molecule has 0 spiro atoms. The zero-order chi connectivity index (χ0) is 52.6. The van der Waals surface area contributed by atoms with Crippen LogP contribution in [0.1, 0.15) is 85.5 Å². The lowest BCUT2D eigenvalue weighted by Crippen LogP contribution is -2.65. The maximum atomic E-state index is 14.7. The molecule has 8 fully saturated rings. The van der Waals surface area contributed by atoms with Crippen molar-refractivity contribution in [2.24, 2.45) is 46.3 Å². The first-order chi connectivity index (χ1) is 34.7. The van der Waals surface area contributed by atoms with Gasteiger partial charge in [-0.3, -0.25) is 4.79 Å². The molecule has 0 aromatic carbocycles. The zero-order valence-corrected chi connectivity index (χ0v) is 41.9. The molecule has 0 amide bonds. The van der Waals surface area contributed by atoms with Gasteiger partial charge in [0.15, 0.2) is 25.2 Å². The monoisotopic (exact) mass is 1050 g/mol. The fourth-order valence-corrected chi connectivity index (χ4v) is 14.6. The largest absolute Gasteiger partial charge is 0.494 e. The standard InChI is InChI=1S/C50H80O23/c1-19(17-65-45-40(62)38(60)35(57)29(14-51)69-45)5-8-27-20(2)33-28(68-27)12-25-23-7-6-21-11-22(9-10-49(21,3)24(23)13-32(55)50(25,33)4)67-47-42(64)43(37(59)31(16-53)71-47)72-48-44(34(56)26(54)18-66-48)73-46-41(63)39(61)36(58)30(15-52)70-46/h19,21-26,28-31,33-48,51-54,56-64H,5-18H2,1-4H3/t19-,21-,22+,23-,24+,25+,26-,28+,29-,30-,31-,33+,34+,35-,36-,37-,38+,39+,40-,41-,42-,43+,44-,45-,46+,47-,48+,49+,50-/m1/s1. The number of aliphatic hydroxyl groups is 13. The summed E-state index contributed by atoms with van der Waals surface area (Å²) in [4.78, 5) is 14.7. The van der Waals surface area contributed by atoms with Crippen LogP contribution in [0.15, 0.2) is 11.3 Å². The van der Waals surface area contributed by atoms with Crippen LogP contribution in [0, 0.1) is 46.3 Å². The van der Waals surface area contributed by atoms with Crippen molar-refractivity contribution in [2.75, 3.05) is 33.0 Å². The Morgan fingerprint density at radius 3 is 1.92 bits per heavy atom. The molecular weight excluding hydrogens is 969 g/mol. The van der Waals surface area contributed by atoms with E-state index in [2.05, 4.69) is 20.8 Å². The number of fused-ring (bicyclic) bond motifs is 7. The molecule has 4 aliphatic carbocycles. The highest BCUT2D eigenvalue weighted by atomic mass is 16.8. The minimum absolute atomic E-state index is 0.00533. The van der Waals surface area contributed by atoms with E-state index in [-0.39, 0.29) is 53.5 Å². The topological polar surface area (TPSA) is 363 Å². The normalized spacial score (nSPS) is 52.5. The molecule has 13 N–H and O–H groups in total. The van der Waals surface area contributed by atoms with Gasteiger partial charge in [-0.15, -0.1) is 0 Å². The van der Waals surface area contributed by atoms with Crippen molar-refractivity contribution in [1.82, 2.24) is 0 Å². The molecule has 23 nitrogen and oxygen atoms in total. The fraction of sp³-hybridized carbons (Fsp3) is 0.940. The van der Waals surface area contributed by atoms with Crippen molar-refractivity contribution in [3.63, 3.8) is 0 Å². The Balaban J connectivity index is 0.809. The van der Waals surface area contributed by atoms with Crippen molar-refractivity contribution in [1.29, 1.82) is 0 Å². The maximum absolute atomic E-state index is 14.7. The summed E-state index contributed by atoms with van der Waals surface area (Å²) in [5.74, 6) is 1.92. The third-order valence-electron chi connectivity index (χ3n) is 19.0. The van der Waals surface area contributed by atoms with Crippen molar-refractivity contribution in [3.8, 4) is 0 Å². The minimum Gasteiger partial charge on any atom is -0.494 e. The van der Waals surface area contributed by atoms with Gasteiger partial charge < -0.3 is 109 Å². The van der Waals surface area contributed by atoms with Crippen LogP contribution in [-0.4, -0.2) is 234 Å². The van der Waals surface area contributed by atoms with E-state index in [1.54, 1.807) is 0 Å². The number of hydrogen-bond acceptors (Lipinski definition) is 23. The number of ether oxygens (including phenoxy) is 9. The third kappa shape index (κ3) is 10.1. The predicted octanol–water partition coefficient (Wildman–Crippen LogP) is -3.19. The van der Waals surface area contributed by atoms with Crippen LogP contribution in [0.4, 0.5) is 0 Å². The van der Waals surface area contributed by atoms with Gasteiger partial charge in [0, 0.05) is 24.2 Å². The quantitative estimate of drug-likeness (QED) is 0.0719. The number of ketones is 1. The number of hydrogen-bond donors (Lipinski definition) is 13. The highest BCUT2D eigenvalue weighted by molar-refractivity contribution is 5.87. The van der Waals surface area contributed by atoms with Crippen LogP contribution in [-0.2, 0) is 47.4 Å². The average molecular weight is 1050 g/mol. The molecule has 9 rings (SSSR count). The molecule has 4 saturated heterocycles. The molecule has 4 saturated carbocycles. The average Bonchev–Trinajstić information content (AvgIpc) is 3.86. The molecule has 0 bridgehead atoms. The van der Waals surface area contributed by atoms with Crippen LogP contribution in [0.3, 0.4) is 0 Å². The van der Waals surface area contributed by atoms with Gasteiger partial charge in [-0.05, 0) is 92.4 Å². The summed E-state index contributed by atoms with van der Waals surface area (Å²) in [7, 11) is 0. The summed E-state index contributed by atoms with van der Waals surface area (Å²) in [5.41, 5.74) is 0.358. The van der Waals surface area contributed by atoms with E-state index in [1.807, 2.05) is 6.92 Å². The van der Waals surface area contributed by atoms with Crippen LogP contribution in [0.5, 0.6) is 0 Å². The van der Waals surface area contributed by atoms with Crippen molar-refractivity contribution in [3.05, 3.63) is 11.3 Å². The van der Waals surface area contributed by atoms with Gasteiger partial charge in [0.25, 0.3) is 0 Å². The highest BCUT2D eigenvalue weighted by Crippen LogP contribution is 2.69.